The lowest BCUT2D eigenvalue weighted by Gasteiger charge is -2.11. The van der Waals surface area contributed by atoms with E-state index in [1.165, 1.54) is 0 Å². The monoisotopic (exact) mass is 428 g/mol. The number of halogens is 1. The highest BCUT2D eigenvalue weighted by Gasteiger charge is 2.15. The normalized spacial score (nSPS) is 11.1. The van der Waals surface area contributed by atoms with Gasteiger partial charge in [0.2, 0.25) is 5.91 Å². The Morgan fingerprint density at radius 1 is 0.897 bits per heavy atom. The molecule has 0 bridgehead atoms. The molecular weight excluding hydrogens is 408 g/mol. The molecule has 0 radical (unpaired) electrons. The second-order valence-electron chi connectivity index (χ2n) is 6.78. The minimum absolute atomic E-state index is 0.190. The number of carbonyl (C=O) groups is 1. The highest BCUT2D eigenvalue weighted by atomic mass is 35.5. The molecule has 1 amide bonds. The zero-order valence-corrected chi connectivity index (χ0v) is 17.6. The fraction of sp³-hybridized carbons (Fsp3) is 0.136. The summed E-state index contributed by atoms with van der Waals surface area (Å²) in [5.41, 5.74) is 3.63. The molecule has 0 saturated heterocycles. The van der Waals surface area contributed by atoms with Crippen LogP contribution in [0.15, 0.2) is 71.6 Å². The van der Waals surface area contributed by atoms with Gasteiger partial charge in [-0.1, -0.05) is 35.9 Å². The molecule has 0 aliphatic carbocycles. The number of hydrogen-bond donors (Lipinski definition) is 2. The minimum atomic E-state index is -3.73. The van der Waals surface area contributed by atoms with Gasteiger partial charge in [-0.05, 0) is 73.0 Å². The van der Waals surface area contributed by atoms with Crippen molar-refractivity contribution in [2.75, 3.05) is 10.0 Å². The Morgan fingerprint density at radius 2 is 1.59 bits per heavy atom. The Kier molecular flexibility index (Phi) is 6.25. The topological polar surface area (TPSA) is 75.3 Å². The van der Waals surface area contributed by atoms with E-state index >= 15 is 0 Å². The minimum Gasteiger partial charge on any atom is -0.326 e. The van der Waals surface area contributed by atoms with Gasteiger partial charge < -0.3 is 5.32 Å². The third-order valence-corrected chi connectivity index (χ3v) is 6.10. The molecule has 0 spiro atoms. The molecule has 0 saturated carbocycles. The van der Waals surface area contributed by atoms with Crippen LogP contribution in [0.3, 0.4) is 0 Å². The summed E-state index contributed by atoms with van der Waals surface area (Å²) in [4.78, 5) is 12.5. The second kappa shape index (κ2) is 8.68. The molecule has 0 atom stereocenters. The summed E-state index contributed by atoms with van der Waals surface area (Å²) in [5, 5.41) is 3.39. The van der Waals surface area contributed by atoms with Crippen molar-refractivity contribution in [3.8, 4) is 0 Å². The van der Waals surface area contributed by atoms with Gasteiger partial charge in [-0.15, -0.1) is 0 Å². The Hall–Kier alpha value is -2.83. The van der Waals surface area contributed by atoms with Crippen molar-refractivity contribution in [3.05, 3.63) is 88.4 Å². The number of amides is 1. The van der Waals surface area contributed by atoms with Crippen LogP contribution in [0, 0.1) is 13.8 Å². The third-order valence-electron chi connectivity index (χ3n) is 4.47. The van der Waals surface area contributed by atoms with Crippen molar-refractivity contribution >= 4 is 38.9 Å². The number of carbonyl (C=O) groups excluding carboxylic acids is 1. The van der Waals surface area contributed by atoms with Crippen LogP contribution in [0.25, 0.3) is 0 Å². The quantitative estimate of drug-likeness (QED) is 0.584. The van der Waals surface area contributed by atoms with E-state index in [9.17, 15) is 13.2 Å². The Balaban J connectivity index is 1.71. The van der Waals surface area contributed by atoms with Crippen molar-refractivity contribution in [2.24, 2.45) is 0 Å². The first-order valence-electron chi connectivity index (χ1n) is 8.97. The summed E-state index contributed by atoms with van der Waals surface area (Å²) in [5.74, 6) is -0.207. The maximum Gasteiger partial charge on any atom is 0.261 e. The first kappa shape index (κ1) is 20.9. The molecule has 0 fully saturated rings. The zero-order chi connectivity index (χ0) is 21.0. The van der Waals surface area contributed by atoms with E-state index in [0.29, 0.717) is 16.4 Å². The van der Waals surface area contributed by atoms with Gasteiger partial charge in [-0.3, -0.25) is 9.52 Å². The Morgan fingerprint density at radius 3 is 2.28 bits per heavy atom. The maximum absolute atomic E-state index is 12.7. The smallest absolute Gasteiger partial charge is 0.261 e. The molecule has 3 rings (SSSR count). The summed E-state index contributed by atoms with van der Waals surface area (Å²) < 4.78 is 27.9. The SMILES string of the molecule is Cc1ccc(S(=O)(=O)Nc2cccc(NC(=O)Cc3ccc(Cl)cc3)c2)cc1C. The number of anilines is 2. The molecule has 2 N–H and O–H groups in total. The number of benzene rings is 3. The van der Waals surface area contributed by atoms with Crippen LogP contribution in [0.1, 0.15) is 16.7 Å². The highest BCUT2D eigenvalue weighted by Crippen LogP contribution is 2.21. The van der Waals surface area contributed by atoms with Crippen molar-refractivity contribution in [1.29, 1.82) is 0 Å². The standard InChI is InChI=1S/C22H21ClN2O3S/c1-15-6-11-21(12-16(15)2)29(27,28)25-20-5-3-4-19(14-20)24-22(26)13-17-7-9-18(23)10-8-17/h3-12,14,25H,13H2,1-2H3,(H,24,26). The molecule has 5 nitrogen and oxygen atoms in total. The molecule has 3 aromatic rings. The average molecular weight is 429 g/mol. The number of hydrogen-bond acceptors (Lipinski definition) is 3. The molecule has 0 aliphatic heterocycles. The third kappa shape index (κ3) is 5.59. The van der Waals surface area contributed by atoms with Crippen LogP contribution >= 0.6 is 11.6 Å². The molecule has 29 heavy (non-hydrogen) atoms. The number of rotatable bonds is 6. The number of sulfonamides is 1. The van der Waals surface area contributed by atoms with E-state index in [4.69, 9.17) is 11.6 Å². The van der Waals surface area contributed by atoms with E-state index in [-0.39, 0.29) is 17.2 Å². The molecule has 0 unspecified atom stereocenters. The Labute approximate surface area is 175 Å². The largest absolute Gasteiger partial charge is 0.326 e. The second-order valence-corrected chi connectivity index (χ2v) is 8.90. The molecule has 0 heterocycles. The van der Waals surface area contributed by atoms with Crippen molar-refractivity contribution in [3.63, 3.8) is 0 Å². The molecular formula is C22H21ClN2O3S. The number of nitrogens with one attached hydrogen (secondary N) is 2. The van der Waals surface area contributed by atoms with Crippen LogP contribution in [0.4, 0.5) is 11.4 Å². The highest BCUT2D eigenvalue weighted by molar-refractivity contribution is 7.92. The fourth-order valence-electron chi connectivity index (χ4n) is 2.75. The maximum atomic E-state index is 12.7. The zero-order valence-electron chi connectivity index (χ0n) is 16.1. The predicted molar refractivity (Wildman–Crippen MR) is 117 cm³/mol. The lowest BCUT2D eigenvalue weighted by Crippen LogP contribution is -2.15. The lowest BCUT2D eigenvalue weighted by molar-refractivity contribution is -0.115. The summed E-state index contributed by atoms with van der Waals surface area (Å²) in [6.45, 7) is 3.79. The van der Waals surface area contributed by atoms with Gasteiger partial charge in [-0.25, -0.2) is 8.42 Å². The van der Waals surface area contributed by atoms with Gasteiger partial charge in [0.1, 0.15) is 0 Å². The molecule has 7 heteroatoms. The molecule has 0 aliphatic rings. The van der Waals surface area contributed by atoms with Crippen LogP contribution < -0.4 is 10.0 Å². The molecule has 0 aromatic heterocycles. The number of aryl methyl sites for hydroxylation is 2. The van der Waals surface area contributed by atoms with Gasteiger partial charge in [-0.2, -0.15) is 0 Å². The van der Waals surface area contributed by atoms with Crippen LogP contribution in [-0.2, 0) is 21.2 Å². The lowest BCUT2D eigenvalue weighted by atomic mass is 10.1. The van der Waals surface area contributed by atoms with Gasteiger partial charge in [0.15, 0.2) is 0 Å². The molecule has 3 aromatic carbocycles. The first-order chi connectivity index (χ1) is 13.7. The van der Waals surface area contributed by atoms with Gasteiger partial charge in [0, 0.05) is 10.7 Å². The van der Waals surface area contributed by atoms with E-state index in [1.807, 2.05) is 13.8 Å². The van der Waals surface area contributed by atoms with Crippen LogP contribution in [0.5, 0.6) is 0 Å². The van der Waals surface area contributed by atoms with E-state index < -0.39 is 10.0 Å². The van der Waals surface area contributed by atoms with Gasteiger partial charge >= 0.3 is 0 Å². The van der Waals surface area contributed by atoms with Crippen molar-refractivity contribution in [1.82, 2.24) is 0 Å². The van der Waals surface area contributed by atoms with E-state index in [1.54, 1.807) is 66.7 Å². The summed E-state index contributed by atoms with van der Waals surface area (Å²) in [6, 6.07) is 18.6. The summed E-state index contributed by atoms with van der Waals surface area (Å²) in [6.07, 6.45) is 0.190. The average Bonchev–Trinajstić information content (AvgIpc) is 2.65. The first-order valence-corrected chi connectivity index (χ1v) is 10.8. The van der Waals surface area contributed by atoms with Crippen LogP contribution in [-0.4, -0.2) is 14.3 Å². The van der Waals surface area contributed by atoms with Crippen molar-refractivity contribution in [2.45, 2.75) is 25.2 Å². The summed E-state index contributed by atoms with van der Waals surface area (Å²) in [7, 11) is -3.73. The van der Waals surface area contributed by atoms with Crippen LogP contribution in [0.2, 0.25) is 5.02 Å². The van der Waals surface area contributed by atoms with E-state index in [2.05, 4.69) is 10.0 Å². The molecule has 150 valence electrons. The fourth-order valence-corrected chi connectivity index (χ4v) is 4.01. The summed E-state index contributed by atoms with van der Waals surface area (Å²) >= 11 is 5.85. The Bertz CT molecular complexity index is 1140. The predicted octanol–water partition coefficient (Wildman–Crippen LogP) is 4.94. The van der Waals surface area contributed by atoms with E-state index in [0.717, 1.165) is 16.7 Å². The van der Waals surface area contributed by atoms with Gasteiger partial charge in [0.25, 0.3) is 10.0 Å². The van der Waals surface area contributed by atoms with Crippen molar-refractivity contribution < 1.29 is 13.2 Å². The van der Waals surface area contributed by atoms with Gasteiger partial charge in [0.05, 0.1) is 17.0 Å².